The highest BCUT2D eigenvalue weighted by molar-refractivity contribution is 14.1. The molecule has 0 unspecified atom stereocenters. The number of carbonyl (C=O) groups is 1. The molecular weight excluding hydrogens is 411 g/mol. The van der Waals surface area contributed by atoms with Crippen LogP contribution in [0.25, 0.3) is 0 Å². The summed E-state index contributed by atoms with van der Waals surface area (Å²) in [6.45, 7) is 1.18. The van der Waals surface area contributed by atoms with Crippen molar-refractivity contribution in [1.29, 1.82) is 0 Å². The standard InChI is InChI=1S/C14H10ClIO3S/c15-10-6-12-11(18-2-1-3-19-12)5-9(10)14(17)8-4-13(16)20-7-8/h4-7H,1-3H2. The molecule has 0 bridgehead atoms. The van der Waals surface area contributed by atoms with Crippen molar-refractivity contribution in [2.75, 3.05) is 13.2 Å². The average Bonchev–Trinajstić information content (AvgIpc) is 2.73. The molecule has 3 nitrogen and oxygen atoms in total. The zero-order chi connectivity index (χ0) is 14.1. The van der Waals surface area contributed by atoms with E-state index in [-0.39, 0.29) is 5.78 Å². The van der Waals surface area contributed by atoms with E-state index in [1.54, 1.807) is 12.1 Å². The van der Waals surface area contributed by atoms with Gasteiger partial charge in [0.05, 0.1) is 21.1 Å². The van der Waals surface area contributed by atoms with Crippen molar-refractivity contribution in [2.24, 2.45) is 0 Å². The molecule has 0 saturated heterocycles. The van der Waals surface area contributed by atoms with Crippen LogP contribution in [0.1, 0.15) is 22.3 Å². The zero-order valence-electron chi connectivity index (χ0n) is 10.3. The van der Waals surface area contributed by atoms with Gasteiger partial charge < -0.3 is 9.47 Å². The predicted octanol–water partition coefficient (Wildman–Crippen LogP) is 4.40. The molecule has 104 valence electrons. The number of ketones is 1. The minimum atomic E-state index is -0.0928. The van der Waals surface area contributed by atoms with Gasteiger partial charge in [-0.15, -0.1) is 11.3 Å². The highest BCUT2D eigenvalue weighted by Crippen LogP contribution is 2.36. The molecule has 0 amide bonds. The molecule has 0 fully saturated rings. The van der Waals surface area contributed by atoms with Crippen LogP contribution in [0.15, 0.2) is 23.6 Å². The topological polar surface area (TPSA) is 35.5 Å². The van der Waals surface area contributed by atoms with Crippen molar-refractivity contribution in [3.63, 3.8) is 0 Å². The summed E-state index contributed by atoms with van der Waals surface area (Å²) in [6, 6.07) is 5.19. The summed E-state index contributed by atoms with van der Waals surface area (Å²) in [5, 5.41) is 2.23. The Labute approximate surface area is 139 Å². The smallest absolute Gasteiger partial charge is 0.195 e. The Balaban J connectivity index is 2.01. The number of fused-ring (bicyclic) bond motifs is 1. The van der Waals surface area contributed by atoms with Crippen molar-refractivity contribution in [2.45, 2.75) is 6.42 Å². The van der Waals surface area contributed by atoms with Crippen LogP contribution in [-0.2, 0) is 0 Å². The third-order valence-electron chi connectivity index (χ3n) is 2.91. The SMILES string of the molecule is O=C(c1csc(I)c1)c1cc2c(cc1Cl)OCCCO2. The first-order valence-corrected chi connectivity index (χ1v) is 8.36. The zero-order valence-corrected chi connectivity index (χ0v) is 14.0. The Bertz CT molecular complexity index is 668. The van der Waals surface area contributed by atoms with Crippen molar-refractivity contribution in [1.82, 2.24) is 0 Å². The van der Waals surface area contributed by atoms with E-state index >= 15 is 0 Å². The van der Waals surface area contributed by atoms with Crippen LogP contribution in [-0.4, -0.2) is 19.0 Å². The Hall–Kier alpha value is -0.790. The molecule has 6 heteroatoms. The molecule has 0 saturated carbocycles. The molecule has 2 heterocycles. The number of carbonyl (C=O) groups excluding carboxylic acids is 1. The van der Waals surface area contributed by atoms with E-state index in [0.717, 1.165) is 9.30 Å². The molecule has 0 N–H and O–H groups in total. The van der Waals surface area contributed by atoms with Crippen molar-refractivity contribution in [3.8, 4) is 11.5 Å². The van der Waals surface area contributed by atoms with Gasteiger partial charge in [-0.25, -0.2) is 0 Å². The molecule has 0 spiro atoms. The van der Waals surface area contributed by atoms with E-state index < -0.39 is 0 Å². The number of hydrogen-bond acceptors (Lipinski definition) is 4. The highest BCUT2D eigenvalue weighted by Gasteiger charge is 2.20. The molecule has 1 aliphatic rings. The van der Waals surface area contributed by atoms with E-state index in [4.69, 9.17) is 21.1 Å². The van der Waals surface area contributed by atoms with E-state index in [9.17, 15) is 4.79 Å². The maximum atomic E-state index is 12.5. The van der Waals surface area contributed by atoms with Crippen LogP contribution in [0, 0.1) is 2.88 Å². The number of halogens is 2. The van der Waals surface area contributed by atoms with Gasteiger partial charge in [-0.2, -0.15) is 0 Å². The fourth-order valence-corrected chi connectivity index (χ4v) is 3.51. The van der Waals surface area contributed by atoms with Crippen LogP contribution in [0.5, 0.6) is 11.5 Å². The first-order valence-electron chi connectivity index (χ1n) is 6.03. The molecule has 1 aromatic carbocycles. The largest absolute Gasteiger partial charge is 0.490 e. The van der Waals surface area contributed by atoms with E-state index in [2.05, 4.69) is 22.6 Å². The lowest BCUT2D eigenvalue weighted by molar-refractivity contribution is 0.103. The van der Waals surface area contributed by atoms with E-state index in [0.29, 0.717) is 40.9 Å². The van der Waals surface area contributed by atoms with Gasteiger partial charge in [0.1, 0.15) is 0 Å². The second-order valence-electron chi connectivity index (χ2n) is 4.30. The maximum Gasteiger partial charge on any atom is 0.195 e. The number of benzene rings is 1. The van der Waals surface area contributed by atoms with Gasteiger partial charge in [-0.3, -0.25) is 4.79 Å². The van der Waals surface area contributed by atoms with Crippen LogP contribution in [0.2, 0.25) is 5.02 Å². The lowest BCUT2D eigenvalue weighted by atomic mass is 10.1. The lowest BCUT2D eigenvalue weighted by Crippen LogP contribution is -2.02. The second kappa shape index (κ2) is 5.91. The summed E-state index contributed by atoms with van der Waals surface area (Å²) in [4.78, 5) is 12.5. The van der Waals surface area contributed by atoms with Crippen molar-refractivity contribution >= 4 is 51.3 Å². The van der Waals surface area contributed by atoms with Gasteiger partial charge in [-0.05, 0) is 34.7 Å². The third-order valence-corrected chi connectivity index (χ3v) is 5.01. The first kappa shape index (κ1) is 14.2. The van der Waals surface area contributed by atoms with Crippen molar-refractivity contribution in [3.05, 3.63) is 42.6 Å². The minimum Gasteiger partial charge on any atom is -0.490 e. The molecule has 20 heavy (non-hydrogen) atoms. The average molecular weight is 421 g/mol. The van der Waals surface area contributed by atoms with Gasteiger partial charge in [-0.1, -0.05) is 11.6 Å². The highest BCUT2D eigenvalue weighted by atomic mass is 127. The summed E-state index contributed by atoms with van der Waals surface area (Å²) >= 11 is 9.93. The summed E-state index contributed by atoms with van der Waals surface area (Å²) in [6.07, 6.45) is 0.818. The molecule has 0 atom stereocenters. The monoisotopic (exact) mass is 420 g/mol. The summed E-state index contributed by atoms with van der Waals surface area (Å²) in [5.74, 6) is 1.09. The van der Waals surface area contributed by atoms with Crippen LogP contribution < -0.4 is 9.47 Å². The molecule has 0 aliphatic carbocycles. The number of thiophene rings is 1. The Morgan fingerprint density at radius 2 is 1.90 bits per heavy atom. The first-order chi connectivity index (χ1) is 9.65. The Morgan fingerprint density at radius 3 is 2.55 bits per heavy atom. The van der Waals surface area contributed by atoms with E-state index in [1.807, 2.05) is 11.4 Å². The van der Waals surface area contributed by atoms with Gasteiger partial charge in [0.15, 0.2) is 17.3 Å². The van der Waals surface area contributed by atoms with Crippen LogP contribution in [0.4, 0.5) is 0 Å². The molecular formula is C14H10ClIO3S. The summed E-state index contributed by atoms with van der Waals surface area (Å²) in [7, 11) is 0. The second-order valence-corrected chi connectivity index (χ2v) is 7.51. The lowest BCUT2D eigenvalue weighted by Gasteiger charge is -2.10. The molecule has 3 rings (SSSR count). The van der Waals surface area contributed by atoms with Gasteiger partial charge in [0.2, 0.25) is 0 Å². The van der Waals surface area contributed by atoms with E-state index in [1.165, 1.54) is 11.3 Å². The minimum absolute atomic E-state index is 0.0928. The van der Waals surface area contributed by atoms with Gasteiger partial charge in [0, 0.05) is 29.0 Å². The Morgan fingerprint density at radius 1 is 1.20 bits per heavy atom. The maximum absolute atomic E-state index is 12.5. The fraction of sp³-hybridized carbons (Fsp3) is 0.214. The normalized spacial score (nSPS) is 13.9. The fourth-order valence-electron chi connectivity index (χ4n) is 1.94. The molecule has 1 aliphatic heterocycles. The molecule has 0 radical (unpaired) electrons. The molecule has 1 aromatic heterocycles. The predicted molar refractivity (Wildman–Crippen MR) is 87.5 cm³/mol. The molecule has 2 aromatic rings. The summed E-state index contributed by atoms with van der Waals surface area (Å²) in [5.41, 5.74) is 1.10. The number of rotatable bonds is 2. The van der Waals surface area contributed by atoms with Crippen LogP contribution in [0.3, 0.4) is 0 Å². The Kier molecular flexibility index (Phi) is 4.18. The van der Waals surface area contributed by atoms with Crippen molar-refractivity contribution < 1.29 is 14.3 Å². The van der Waals surface area contributed by atoms with Gasteiger partial charge in [0.25, 0.3) is 0 Å². The quantitative estimate of drug-likeness (QED) is 0.534. The third kappa shape index (κ3) is 2.80. The number of ether oxygens (including phenoxy) is 2. The summed E-state index contributed by atoms with van der Waals surface area (Å²) < 4.78 is 12.2. The van der Waals surface area contributed by atoms with Gasteiger partial charge >= 0.3 is 0 Å². The number of hydrogen-bond donors (Lipinski definition) is 0. The van der Waals surface area contributed by atoms with Crippen LogP contribution >= 0.6 is 45.5 Å².